The molecule has 0 aliphatic carbocycles. The van der Waals surface area contributed by atoms with E-state index in [-0.39, 0.29) is 10.8 Å². The van der Waals surface area contributed by atoms with Gasteiger partial charge in [0.05, 0.1) is 16.1 Å². The molecule has 0 radical (unpaired) electrons. The Bertz CT molecular complexity index is 1010. The summed E-state index contributed by atoms with van der Waals surface area (Å²) in [6.45, 7) is 0. The zero-order chi connectivity index (χ0) is 16.6. The molecule has 23 heavy (non-hydrogen) atoms. The van der Waals surface area contributed by atoms with Gasteiger partial charge in [0.2, 0.25) is 10.0 Å². The van der Waals surface area contributed by atoms with Gasteiger partial charge in [0, 0.05) is 17.1 Å². The highest BCUT2D eigenvalue weighted by molar-refractivity contribution is 7.89. The Morgan fingerprint density at radius 3 is 2.52 bits per heavy atom. The van der Waals surface area contributed by atoms with Crippen LogP contribution in [0, 0.1) is 5.82 Å². The number of nitrogens with one attached hydrogen (secondary N) is 1. The van der Waals surface area contributed by atoms with Crippen molar-refractivity contribution in [2.45, 2.75) is 4.90 Å². The van der Waals surface area contributed by atoms with E-state index < -0.39 is 15.8 Å². The van der Waals surface area contributed by atoms with E-state index in [2.05, 4.69) is 9.98 Å². The van der Waals surface area contributed by atoms with E-state index in [9.17, 15) is 17.9 Å². The van der Waals surface area contributed by atoms with Crippen LogP contribution in [-0.2, 0) is 10.0 Å². The average molecular weight is 333 g/mol. The number of sulfonamides is 1. The molecular weight excluding hydrogens is 321 g/mol. The van der Waals surface area contributed by atoms with Crippen LogP contribution < -0.4 is 5.14 Å². The van der Waals surface area contributed by atoms with Gasteiger partial charge in [-0.3, -0.25) is 4.99 Å². The second-order valence-electron chi connectivity index (χ2n) is 4.87. The van der Waals surface area contributed by atoms with Gasteiger partial charge in [0.1, 0.15) is 5.82 Å². The van der Waals surface area contributed by atoms with Gasteiger partial charge >= 0.3 is 0 Å². The molecule has 0 amide bonds. The number of H-pyrrole nitrogens is 1. The third-order valence-electron chi connectivity index (χ3n) is 3.29. The van der Waals surface area contributed by atoms with Crippen molar-refractivity contribution in [1.29, 1.82) is 0 Å². The van der Waals surface area contributed by atoms with Gasteiger partial charge in [-0.05, 0) is 42.5 Å². The topological polar surface area (TPSA) is 109 Å². The standard InChI is InChI=1S/C15H12FN3O3S/c16-9-1-6-14-12(7-9)13(15(20)19-14)8-18-10-2-4-11(5-3-10)23(17,21)22/h1-8,19-20H,(H2,17,21,22). The van der Waals surface area contributed by atoms with Crippen LogP contribution in [0.2, 0.25) is 0 Å². The van der Waals surface area contributed by atoms with Crippen molar-refractivity contribution in [3.8, 4) is 5.88 Å². The maximum Gasteiger partial charge on any atom is 0.238 e. The molecule has 6 nitrogen and oxygen atoms in total. The van der Waals surface area contributed by atoms with Crippen LogP contribution in [0.15, 0.2) is 52.4 Å². The molecule has 0 bridgehead atoms. The predicted octanol–water partition coefficient (Wildman–Crippen LogP) is 2.41. The Balaban J connectivity index is 1.97. The lowest BCUT2D eigenvalue weighted by Gasteiger charge is -1.98. The first kappa shape index (κ1) is 15.2. The molecule has 0 fully saturated rings. The summed E-state index contributed by atoms with van der Waals surface area (Å²) in [7, 11) is -3.76. The maximum absolute atomic E-state index is 13.3. The van der Waals surface area contributed by atoms with Gasteiger partial charge < -0.3 is 10.1 Å². The van der Waals surface area contributed by atoms with E-state index in [1.165, 1.54) is 48.7 Å². The van der Waals surface area contributed by atoms with Gasteiger partial charge in [-0.1, -0.05) is 0 Å². The van der Waals surface area contributed by atoms with Gasteiger partial charge in [-0.15, -0.1) is 0 Å². The van der Waals surface area contributed by atoms with Crippen molar-refractivity contribution in [3.63, 3.8) is 0 Å². The lowest BCUT2D eigenvalue weighted by Crippen LogP contribution is -2.11. The normalized spacial score (nSPS) is 12.3. The number of fused-ring (bicyclic) bond motifs is 1. The monoisotopic (exact) mass is 333 g/mol. The first-order valence-corrected chi connectivity index (χ1v) is 8.06. The molecule has 0 saturated heterocycles. The van der Waals surface area contributed by atoms with Crippen LogP contribution in [0.3, 0.4) is 0 Å². The number of primary sulfonamides is 1. The number of nitrogens with zero attached hydrogens (tertiary/aromatic N) is 1. The molecule has 2 aromatic carbocycles. The van der Waals surface area contributed by atoms with Crippen molar-refractivity contribution in [1.82, 2.24) is 4.98 Å². The molecule has 4 N–H and O–H groups in total. The second-order valence-corrected chi connectivity index (χ2v) is 6.44. The Morgan fingerprint density at radius 1 is 1.17 bits per heavy atom. The third-order valence-corrected chi connectivity index (χ3v) is 4.22. The van der Waals surface area contributed by atoms with Gasteiger partial charge in [0.25, 0.3) is 0 Å². The molecule has 0 spiro atoms. The summed E-state index contributed by atoms with van der Waals surface area (Å²) in [6.07, 6.45) is 1.37. The molecule has 1 aromatic heterocycles. The first-order chi connectivity index (χ1) is 10.8. The summed E-state index contributed by atoms with van der Waals surface area (Å²) in [5.74, 6) is -0.556. The van der Waals surface area contributed by atoms with Crippen LogP contribution in [0.4, 0.5) is 10.1 Å². The minimum atomic E-state index is -3.76. The van der Waals surface area contributed by atoms with Crippen LogP contribution in [0.1, 0.15) is 5.56 Å². The Morgan fingerprint density at radius 2 is 1.87 bits per heavy atom. The maximum atomic E-state index is 13.3. The van der Waals surface area contributed by atoms with E-state index in [0.29, 0.717) is 22.2 Å². The van der Waals surface area contributed by atoms with Crippen LogP contribution in [0.25, 0.3) is 10.9 Å². The number of hydrogen-bond acceptors (Lipinski definition) is 4. The fourth-order valence-electron chi connectivity index (χ4n) is 2.16. The molecule has 3 rings (SSSR count). The van der Waals surface area contributed by atoms with Crippen LogP contribution >= 0.6 is 0 Å². The lowest BCUT2D eigenvalue weighted by molar-refractivity contribution is 0.457. The highest BCUT2D eigenvalue weighted by Crippen LogP contribution is 2.27. The lowest BCUT2D eigenvalue weighted by atomic mass is 10.2. The van der Waals surface area contributed by atoms with Crippen molar-refractivity contribution in [2.24, 2.45) is 10.1 Å². The molecule has 8 heteroatoms. The number of aliphatic imine (C=N–C) groups is 1. The van der Waals surface area contributed by atoms with Crippen molar-refractivity contribution in [2.75, 3.05) is 0 Å². The molecule has 3 aromatic rings. The number of benzene rings is 2. The molecule has 0 atom stereocenters. The number of rotatable bonds is 3. The largest absolute Gasteiger partial charge is 0.494 e. The minimum Gasteiger partial charge on any atom is -0.494 e. The molecular formula is C15H12FN3O3S. The zero-order valence-electron chi connectivity index (χ0n) is 11.7. The number of aromatic hydroxyl groups is 1. The van der Waals surface area contributed by atoms with E-state index in [1.54, 1.807) is 0 Å². The van der Waals surface area contributed by atoms with Gasteiger partial charge in [0.15, 0.2) is 5.88 Å². The highest BCUT2D eigenvalue weighted by atomic mass is 32.2. The number of aromatic amines is 1. The minimum absolute atomic E-state index is 0.0199. The summed E-state index contributed by atoms with van der Waals surface area (Å²) in [5.41, 5.74) is 1.38. The van der Waals surface area contributed by atoms with Crippen LogP contribution in [-0.4, -0.2) is 24.7 Å². The van der Waals surface area contributed by atoms with Crippen molar-refractivity contribution in [3.05, 3.63) is 53.8 Å². The molecule has 0 aliphatic heterocycles. The summed E-state index contributed by atoms with van der Waals surface area (Å²) in [6, 6.07) is 9.70. The average Bonchev–Trinajstić information content (AvgIpc) is 2.79. The molecule has 0 saturated carbocycles. The van der Waals surface area contributed by atoms with E-state index >= 15 is 0 Å². The first-order valence-electron chi connectivity index (χ1n) is 6.52. The summed E-state index contributed by atoms with van der Waals surface area (Å²) in [4.78, 5) is 6.85. The van der Waals surface area contributed by atoms with E-state index in [1.807, 2.05) is 0 Å². The highest BCUT2D eigenvalue weighted by Gasteiger charge is 2.10. The second kappa shape index (κ2) is 5.49. The van der Waals surface area contributed by atoms with Crippen LogP contribution in [0.5, 0.6) is 5.88 Å². The molecule has 1 heterocycles. The molecule has 0 aliphatic rings. The Kier molecular flexibility index (Phi) is 3.63. The SMILES string of the molecule is NS(=O)(=O)c1ccc(N=Cc2c(O)[nH]c3ccc(F)cc23)cc1. The number of hydrogen-bond donors (Lipinski definition) is 3. The molecule has 118 valence electrons. The summed E-state index contributed by atoms with van der Waals surface area (Å²) < 4.78 is 35.7. The van der Waals surface area contributed by atoms with Gasteiger partial charge in [-0.2, -0.15) is 0 Å². The zero-order valence-corrected chi connectivity index (χ0v) is 12.5. The predicted molar refractivity (Wildman–Crippen MR) is 85.0 cm³/mol. The fraction of sp³-hybridized carbons (Fsp3) is 0. The summed E-state index contributed by atoms with van der Waals surface area (Å²) >= 11 is 0. The fourth-order valence-corrected chi connectivity index (χ4v) is 2.68. The number of aromatic nitrogens is 1. The molecule has 0 unspecified atom stereocenters. The van der Waals surface area contributed by atoms with Gasteiger partial charge in [-0.25, -0.2) is 17.9 Å². The smallest absolute Gasteiger partial charge is 0.238 e. The van der Waals surface area contributed by atoms with E-state index in [4.69, 9.17) is 5.14 Å². The Labute approximate surface area is 131 Å². The number of halogens is 1. The number of nitrogens with two attached hydrogens (primary N) is 1. The van der Waals surface area contributed by atoms with Crippen molar-refractivity contribution >= 4 is 32.8 Å². The van der Waals surface area contributed by atoms with E-state index in [0.717, 1.165) is 0 Å². The van der Waals surface area contributed by atoms with Crippen molar-refractivity contribution < 1.29 is 17.9 Å². The Hall–Kier alpha value is -2.71. The summed E-state index contributed by atoms with van der Waals surface area (Å²) in [5, 5.41) is 15.4. The third kappa shape index (κ3) is 3.08. The quantitative estimate of drug-likeness (QED) is 0.640.